The molecule has 0 aliphatic carbocycles. The Bertz CT molecular complexity index is 371. The van der Waals surface area contributed by atoms with Crippen molar-refractivity contribution in [3.63, 3.8) is 0 Å². The maximum atomic E-state index is 11.7. The van der Waals surface area contributed by atoms with Crippen LogP contribution in [0.3, 0.4) is 0 Å². The Morgan fingerprint density at radius 2 is 2.26 bits per heavy atom. The quantitative estimate of drug-likeness (QED) is 0.813. The maximum Gasteiger partial charge on any atom is 0.230 e. The first-order valence-electron chi connectivity index (χ1n) is 6.35. The van der Waals surface area contributed by atoms with Gasteiger partial charge in [-0.05, 0) is 44.0 Å². The summed E-state index contributed by atoms with van der Waals surface area (Å²) in [7, 11) is 0. The Hall–Kier alpha value is -0.780. The van der Waals surface area contributed by atoms with Crippen LogP contribution in [-0.4, -0.2) is 36.3 Å². The maximum absolute atomic E-state index is 11.7. The number of halogens is 1. The number of nitrogens with one attached hydrogen (secondary N) is 2. The number of aromatic nitrogens is 1. The van der Waals surface area contributed by atoms with Crippen LogP contribution in [0.2, 0.25) is 0 Å². The van der Waals surface area contributed by atoms with Crippen LogP contribution in [0, 0.1) is 5.92 Å². The van der Waals surface area contributed by atoms with Gasteiger partial charge in [-0.3, -0.25) is 9.78 Å². The van der Waals surface area contributed by atoms with E-state index in [2.05, 4.69) is 15.6 Å². The summed E-state index contributed by atoms with van der Waals surface area (Å²) in [5.74, 6) is 1.18. The third kappa shape index (κ3) is 6.27. The minimum absolute atomic E-state index is 0. The summed E-state index contributed by atoms with van der Waals surface area (Å²) in [5, 5.41) is 6.36. The smallest absolute Gasteiger partial charge is 0.230 e. The topological polar surface area (TPSA) is 54.0 Å². The van der Waals surface area contributed by atoms with Gasteiger partial charge in [0.1, 0.15) is 0 Å². The second-order valence-electron chi connectivity index (χ2n) is 4.49. The molecule has 1 aromatic rings. The molecule has 4 nitrogen and oxygen atoms in total. The molecule has 2 heterocycles. The average Bonchev–Trinajstić information content (AvgIpc) is 2.45. The highest BCUT2D eigenvalue weighted by Gasteiger charge is 2.13. The SMILES string of the molecule is Cl.O=C(CSc1ccncc1)NCC1CCCNC1. The van der Waals surface area contributed by atoms with Crippen LogP contribution in [0.1, 0.15) is 12.8 Å². The standard InChI is InChI=1S/C13H19N3OS.ClH/c17-13(10-18-12-3-6-14-7-4-12)16-9-11-2-1-5-15-8-11;/h3-4,6-7,11,15H,1-2,5,8-10H2,(H,16,17);1H. The van der Waals surface area contributed by atoms with Crippen molar-refractivity contribution in [3.05, 3.63) is 24.5 Å². The normalized spacial score (nSPS) is 18.4. The fourth-order valence-electron chi connectivity index (χ4n) is 1.99. The largest absolute Gasteiger partial charge is 0.355 e. The minimum atomic E-state index is 0. The van der Waals surface area contributed by atoms with Crippen LogP contribution in [0.4, 0.5) is 0 Å². The monoisotopic (exact) mass is 301 g/mol. The highest BCUT2D eigenvalue weighted by atomic mass is 35.5. The van der Waals surface area contributed by atoms with Crippen molar-refractivity contribution in [1.29, 1.82) is 0 Å². The van der Waals surface area contributed by atoms with Gasteiger partial charge in [0.05, 0.1) is 5.75 Å². The summed E-state index contributed by atoms with van der Waals surface area (Å²) < 4.78 is 0. The van der Waals surface area contributed by atoms with E-state index >= 15 is 0 Å². The fraction of sp³-hybridized carbons (Fsp3) is 0.538. The summed E-state index contributed by atoms with van der Waals surface area (Å²) in [6, 6.07) is 3.84. The number of carbonyl (C=O) groups excluding carboxylic acids is 1. The molecule has 0 radical (unpaired) electrons. The summed E-state index contributed by atoms with van der Waals surface area (Å²) in [5.41, 5.74) is 0. The van der Waals surface area contributed by atoms with Gasteiger partial charge in [-0.25, -0.2) is 0 Å². The second kappa shape index (κ2) is 9.18. The van der Waals surface area contributed by atoms with Gasteiger partial charge in [0.15, 0.2) is 0 Å². The Kier molecular flexibility index (Phi) is 7.86. The number of pyridine rings is 1. The van der Waals surface area contributed by atoms with E-state index < -0.39 is 0 Å². The van der Waals surface area contributed by atoms with E-state index in [9.17, 15) is 4.79 Å². The van der Waals surface area contributed by atoms with Crippen molar-refractivity contribution < 1.29 is 4.79 Å². The predicted octanol–water partition coefficient (Wildman–Crippen LogP) is 1.71. The Balaban J connectivity index is 0.00000180. The third-order valence-electron chi connectivity index (χ3n) is 3.01. The number of carbonyl (C=O) groups is 1. The molecule has 1 aliphatic heterocycles. The van der Waals surface area contributed by atoms with Crippen molar-refractivity contribution in [2.24, 2.45) is 5.92 Å². The lowest BCUT2D eigenvalue weighted by molar-refractivity contribution is -0.118. The molecule has 1 saturated heterocycles. The molecular weight excluding hydrogens is 282 g/mol. The first kappa shape index (κ1) is 16.3. The number of piperidine rings is 1. The second-order valence-corrected chi connectivity index (χ2v) is 5.54. The van der Waals surface area contributed by atoms with E-state index in [0.29, 0.717) is 11.7 Å². The lowest BCUT2D eigenvalue weighted by Gasteiger charge is -2.22. The van der Waals surface area contributed by atoms with Gasteiger partial charge >= 0.3 is 0 Å². The molecule has 0 bridgehead atoms. The van der Waals surface area contributed by atoms with Crippen LogP contribution >= 0.6 is 24.2 Å². The molecule has 1 atom stereocenters. The molecule has 2 rings (SSSR count). The molecule has 1 fully saturated rings. The van der Waals surface area contributed by atoms with E-state index in [-0.39, 0.29) is 18.3 Å². The Labute approximate surface area is 124 Å². The number of thioether (sulfide) groups is 1. The van der Waals surface area contributed by atoms with Crippen molar-refractivity contribution >= 4 is 30.1 Å². The highest BCUT2D eigenvalue weighted by Crippen LogP contribution is 2.15. The Morgan fingerprint density at radius 3 is 2.95 bits per heavy atom. The van der Waals surface area contributed by atoms with Gasteiger partial charge in [0.2, 0.25) is 5.91 Å². The van der Waals surface area contributed by atoms with Crippen molar-refractivity contribution in [2.45, 2.75) is 17.7 Å². The van der Waals surface area contributed by atoms with Gasteiger partial charge in [-0.1, -0.05) is 0 Å². The molecule has 0 saturated carbocycles. The van der Waals surface area contributed by atoms with Gasteiger partial charge in [0.25, 0.3) is 0 Å². The molecule has 1 unspecified atom stereocenters. The van der Waals surface area contributed by atoms with E-state index in [1.165, 1.54) is 12.8 Å². The average molecular weight is 302 g/mol. The van der Waals surface area contributed by atoms with E-state index in [0.717, 1.165) is 24.5 Å². The lowest BCUT2D eigenvalue weighted by atomic mass is 10.00. The third-order valence-corrected chi connectivity index (χ3v) is 4.02. The van der Waals surface area contributed by atoms with Gasteiger partial charge < -0.3 is 10.6 Å². The molecule has 0 aromatic carbocycles. The molecule has 19 heavy (non-hydrogen) atoms. The van der Waals surface area contributed by atoms with E-state index in [1.54, 1.807) is 24.2 Å². The summed E-state index contributed by atoms with van der Waals surface area (Å²) in [6.07, 6.45) is 5.92. The Morgan fingerprint density at radius 1 is 1.47 bits per heavy atom. The van der Waals surface area contributed by atoms with Gasteiger partial charge in [-0.15, -0.1) is 24.2 Å². The molecular formula is C13H20ClN3OS. The van der Waals surface area contributed by atoms with E-state index in [4.69, 9.17) is 0 Å². The van der Waals surface area contributed by atoms with Crippen LogP contribution < -0.4 is 10.6 Å². The van der Waals surface area contributed by atoms with Gasteiger partial charge in [-0.2, -0.15) is 0 Å². The molecule has 1 amide bonds. The van der Waals surface area contributed by atoms with E-state index in [1.807, 2.05) is 12.1 Å². The summed E-state index contributed by atoms with van der Waals surface area (Å²) >= 11 is 1.55. The number of nitrogens with zero attached hydrogens (tertiary/aromatic N) is 1. The first-order valence-corrected chi connectivity index (χ1v) is 7.33. The number of rotatable bonds is 5. The molecule has 6 heteroatoms. The minimum Gasteiger partial charge on any atom is -0.355 e. The van der Waals surface area contributed by atoms with Crippen LogP contribution in [0.5, 0.6) is 0 Å². The zero-order chi connectivity index (χ0) is 12.6. The summed E-state index contributed by atoms with van der Waals surface area (Å²) in [4.78, 5) is 16.7. The van der Waals surface area contributed by atoms with Gasteiger partial charge in [0, 0.05) is 23.8 Å². The van der Waals surface area contributed by atoms with Crippen molar-refractivity contribution in [2.75, 3.05) is 25.4 Å². The van der Waals surface area contributed by atoms with Crippen molar-refractivity contribution in [1.82, 2.24) is 15.6 Å². The predicted molar refractivity (Wildman–Crippen MR) is 80.8 cm³/mol. The number of amides is 1. The molecule has 0 spiro atoms. The molecule has 1 aliphatic rings. The zero-order valence-electron chi connectivity index (χ0n) is 10.8. The summed E-state index contributed by atoms with van der Waals surface area (Å²) in [6.45, 7) is 2.93. The fourth-order valence-corrected chi connectivity index (χ4v) is 2.70. The van der Waals surface area contributed by atoms with Crippen LogP contribution in [-0.2, 0) is 4.79 Å². The molecule has 106 valence electrons. The van der Waals surface area contributed by atoms with Crippen molar-refractivity contribution in [3.8, 4) is 0 Å². The lowest BCUT2D eigenvalue weighted by Crippen LogP contribution is -2.38. The first-order chi connectivity index (χ1) is 8.84. The highest BCUT2D eigenvalue weighted by molar-refractivity contribution is 8.00. The van der Waals surface area contributed by atoms with Crippen LogP contribution in [0.15, 0.2) is 29.4 Å². The molecule has 2 N–H and O–H groups in total. The van der Waals surface area contributed by atoms with Crippen LogP contribution in [0.25, 0.3) is 0 Å². The molecule has 1 aromatic heterocycles. The number of hydrogen-bond acceptors (Lipinski definition) is 4. The zero-order valence-corrected chi connectivity index (χ0v) is 12.4. The number of hydrogen-bond donors (Lipinski definition) is 2.